The average molecular weight is 1010 g/mol. The fraction of sp³-hybridized carbons (Fsp3) is 0.0769. The summed E-state index contributed by atoms with van der Waals surface area (Å²) < 4.78 is 0. The monoisotopic (exact) mass is 1010 g/mol. The van der Waals surface area contributed by atoms with Crippen LogP contribution in [0.4, 0.5) is 17.1 Å². The molecular formula is C78H55N. The van der Waals surface area contributed by atoms with Crippen LogP contribution in [0.25, 0.3) is 77.9 Å². The van der Waals surface area contributed by atoms with Crippen LogP contribution in [-0.2, 0) is 16.2 Å². The van der Waals surface area contributed by atoms with Crippen molar-refractivity contribution in [3.63, 3.8) is 0 Å². The second kappa shape index (κ2) is 17.0. The molecule has 12 aromatic rings. The summed E-state index contributed by atoms with van der Waals surface area (Å²) in [5, 5.41) is 0. The second-order valence-electron chi connectivity index (χ2n) is 22.8. The molecule has 0 bridgehead atoms. The van der Waals surface area contributed by atoms with Crippen LogP contribution < -0.4 is 4.90 Å². The molecule has 0 N–H and O–H groups in total. The zero-order chi connectivity index (χ0) is 52.6. The van der Waals surface area contributed by atoms with Gasteiger partial charge in [0.2, 0.25) is 0 Å². The van der Waals surface area contributed by atoms with Gasteiger partial charge in [-0.2, -0.15) is 0 Å². The molecule has 1 heteroatoms. The average Bonchev–Trinajstić information content (AvgIpc) is 3.34. The first kappa shape index (κ1) is 45.6. The van der Waals surface area contributed by atoms with Crippen LogP contribution in [-0.4, -0.2) is 0 Å². The van der Waals surface area contributed by atoms with Crippen molar-refractivity contribution in [1.29, 1.82) is 0 Å². The van der Waals surface area contributed by atoms with Crippen molar-refractivity contribution >= 4 is 17.1 Å². The fourth-order valence-electron chi connectivity index (χ4n) is 15.1. The highest BCUT2D eigenvalue weighted by atomic mass is 15.1. The number of hydrogen-bond donors (Lipinski definition) is 0. The van der Waals surface area contributed by atoms with Gasteiger partial charge in [0, 0.05) is 27.8 Å². The Bertz CT molecular complexity index is 4420. The van der Waals surface area contributed by atoms with Crippen LogP contribution in [0, 0.1) is 0 Å². The summed E-state index contributed by atoms with van der Waals surface area (Å²) in [4.78, 5) is 2.51. The Kier molecular flexibility index (Phi) is 9.80. The minimum atomic E-state index is -0.465. The Morgan fingerprint density at radius 1 is 0.266 bits per heavy atom. The van der Waals surface area contributed by atoms with Crippen LogP contribution in [0.3, 0.4) is 0 Å². The van der Waals surface area contributed by atoms with E-state index < -0.39 is 5.41 Å². The lowest BCUT2D eigenvalue weighted by atomic mass is 9.70. The maximum Gasteiger partial charge on any atom is 0.0726 e. The third kappa shape index (κ3) is 6.27. The van der Waals surface area contributed by atoms with Crippen molar-refractivity contribution in [2.45, 2.75) is 37.0 Å². The highest BCUT2D eigenvalue weighted by Crippen LogP contribution is 2.65. The third-order valence-corrected chi connectivity index (χ3v) is 18.6. The minimum absolute atomic E-state index is 0.138. The molecule has 4 aliphatic rings. The van der Waals surface area contributed by atoms with E-state index in [1.807, 2.05) is 0 Å². The lowest BCUT2D eigenvalue weighted by molar-refractivity contribution is 0.662. The Morgan fingerprint density at radius 2 is 0.684 bits per heavy atom. The molecule has 0 saturated heterocycles. The molecule has 0 radical (unpaired) electrons. The van der Waals surface area contributed by atoms with Gasteiger partial charge >= 0.3 is 0 Å². The molecule has 1 nitrogen and oxygen atoms in total. The van der Waals surface area contributed by atoms with Crippen molar-refractivity contribution < 1.29 is 0 Å². The normalized spacial score (nSPS) is 15.8. The van der Waals surface area contributed by atoms with Gasteiger partial charge in [0.15, 0.2) is 0 Å². The van der Waals surface area contributed by atoms with E-state index in [1.165, 1.54) is 128 Å². The summed E-state index contributed by atoms with van der Waals surface area (Å²) in [7, 11) is 0. The van der Waals surface area contributed by atoms with Crippen LogP contribution in [0.2, 0.25) is 0 Å². The Labute approximate surface area is 463 Å². The summed E-state index contributed by atoms with van der Waals surface area (Å²) in [6.45, 7) is 7.17. The van der Waals surface area contributed by atoms with Gasteiger partial charge in [0.1, 0.15) is 0 Å². The van der Waals surface area contributed by atoms with Gasteiger partial charge in [-0.25, -0.2) is 0 Å². The lowest BCUT2D eigenvalue weighted by Gasteiger charge is -2.32. The number of nitrogens with zero attached hydrogens (tertiary/aromatic N) is 1. The van der Waals surface area contributed by atoms with Crippen molar-refractivity contribution in [2.75, 3.05) is 4.90 Å². The highest BCUT2D eigenvalue weighted by Gasteiger charge is 2.52. The number of rotatable bonds is 7. The summed E-state index contributed by atoms with van der Waals surface area (Å²) >= 11 is 0. The summed E-state index contributed by atoms with van der Waals surface area (Å²) in [5.74, 6) is 0. The zero-order valence-corrected chi connectivity index (χ0v) is 44.5. The first-order valence-electron chi connectivity index (χ1n) is 27.9. The molecule has 1 unspecified atom stereocenters. The minimum Gasteiger partial charge on any atom is -0.310 e. The first-order chi connectivity index (χ1) is 38.8. The molecule has 1 spiro atoms. The van der Waals surface area contributed by atoms with Crippen molar-refractivity contribution in [2.24, 2.45) is 0 Å². The predicted octanol–water partition coefficient (Wildman–Crippen LogP) is 20.1. The lowest BCUT2D eigenvalue weighted by Crippen LogP contribution is -2.26. The van der Waals surface area contributed by atoms with E-state index in [1.54, 1.807) is 0 Å². The van der Waals surface area contributed by atoms with Gasteiger partial charge in [0.25, 0.3) is 0 Å². The van der Waals surface area contributed by atoms with E-state index in [4.69, 9.17) is 0 Å². The standard InChI is InChI=1S/C78H55N/c1-76(2)66-32-14-9-28-61(66)64-31-19-30-63(75(64)76)57-24-8-7-23-56(57)51-41-46-55(47-42-51)79(54-44-39-50(40-45-54)52-43-48-62-58-25-10-15-33-67(58)77(3,72(62)49-52)53-21-5-4-6-22-53)73-38-20-37-71-74(73)65-29-13-18-36-70(65)78(71)68-34-16-11-26-59(68)60-27-12-17-35-69(60)78/h4-49H,1-3H3. The van der Waals surface area contributed by atoms with E-state index in [9.17, 15) is 0 Å². The van der Waals surface area contributed by atoms with Crippen molar-refractivity contribution in [1.82, 2.24) is 0 Å². The first-order valence-corrected chi connectivity index (χ1v) is 27.9. The van der Waals surface area contributed by atoms with E-state index in [2.05, 4.69) is 305 Å². The molecule has 4 aliphatic carbocycles. The second-order valence-corrected chi connectivity index (χ2v) is 22.8. The van der Waals surface area contributed by atoms with Crippen molar-refractivity contribution in [3.8, 4) is 77.9 Å². The molecule has 1 atom stereocenters. The largest absolute Gasteiger partial charge is 0.310 e. The van der Waals surface area contributed by atoms with Gasteiger partial charge in [-0.1, -0.05) is 257 Å². The number of anilines is 3. The van der Waals surface area contributed by atoms with Gasteiger partial charge in [0.05, 0.1) is 11.1 Å². The molecule has 372 valence electrons. The number of benzene rings is 12. The Balaban J connectivity index is 0.859. The summed E-state index contributed by atoms with van der Waals surface area (Å²) in [6.07, 6.45) is 0. The fourth-order valence-corrected chi connectivity index (χ4v) is 15.1. The Morgan fingerprint density at radius 3 is 1.32 bits per heavy atom. The van der Waals surface area contributed by atoms with E-state index in [0.29, 0.717) is 0 Å². The van der Waals surface area contributed by atoms with E-state index >= 15 is 0 Å². The smallest absolute Gasteiger partial charge is 0.0726 e. The molecule has 0 saturated carbocycles. The molecule has 12 aromatic carbocycles. The van der Waals surface area contributed by atoms with Crippen LogP contribution in [0.1, 0.15) is 70.8 Å². The predicted molar refractivity (Wildman–Crippen MR) is 329 cm³/mol. The SMILES string of the molecule is CC1(C)c2ccccc2-c2cccc(-c3ccccc3-c3ccc(N(c4ccc(-c5ccc6c(c5)C(C)(c5ccccc5)c5ccccc5-6)cc4)c4cccc5c4-c4ccccc4C54c5ccccc5-c5ccccc54)cc3)c21. The zero-order valence-electron chi connectivity index (χ0n) is 44.5. The topological polar surface area (TPSA) is 3.24 Å². The number of fused-ring (bicyclic) bond motifs is 16. The Hall–Kier alpha value is -9.56. The quantitative estimate of drug-likeness (QED) is 0.154. The maximum absolute atomic E-state index is 2.51. The van der Waals surface area contributed by atoms with Crippen molar-refractivity contribution in [3.05, 3.63) is 329 Å². The van der Waals surface area contributed by atoms with Crippen LogP contribution in [0.15, 0.2) is 279 Å². The van der Waals surface area contributed by atoms with Gasteiger partial charge < -0.3 is 4.90 Å². The van der Waals surface area contributed by atoms with Crippen LogP contribution in [0.5, 0.6) is 0 Å². The van der Waals surface area contributed by atoms with Gasteiger partial charge in [-0.3, -0.25) is 0 Å². The van der Waals surface area contributed by atoms with E-state index in [-0.39, 0.29) is 10.8 Å². The molecule has 0 aromatic heterocycles. The highest BCUT2D eigenvalue weighted by molar-refractivity contribution is 6.02. The molecule has 0 heterocycles. The molecule has 0 aliphatic heterocycles. The summed E-state index contributed by atoms with van der Waals surface area (Å²) in [5.41, 5.74) is 32.4. The molecule has 16 rings (SSSR count). The molecule has 0 fully saturated rings. The van der Waals surface area contributed by atoms with Gasteiger partial charge in [-0.05, 0) is 166 Å². The third-order valence-electron chi connectivity index (χ3n) is 18.6. The maximum atomic E-state index is 2.51. The molecule has 0 amide bonds. The summed E-state index contributed by atoms with van der Waals surface area (Å²) in [6, 6.07) is 105. The molecular weight excluding hydrogens is 951 g/mol. The number of hydrogen-bond acceptors (Lipinski definition) is 1. The van der Waals surface area contributed by atoms with Gasteiger partial charge in [-0.15, -0.1) is 0 Å². The van der Waals surface area contributed by atoms with Crippen LogP contribution >= 0.6 is 0 Å². The molecule has 79 heavy (non-hydrogen) atoms. The van der Waals surface area contributed by atoms with E-state index in [0.717, 1.165) is 17.1 Å².